The van der Waals surface area contributed by atoms with Crippen LogP contribution in [0, 0.1) is 12.8 Å². The van der Waals surface area contributed by atoms with E-state index in [1.165, 1.54) is 0 Å². The molecule has 0 fully saturated rings. The molecule has 1 atom stereocenters. The van der Waals surface area contributed by atoms with Crippen molar-refractivity contribution in [3.05, 3.63) is 47.3 Å². The Morgan fingerprint density at radius 2 is 1.77 bits per heavy atom. The minimum atomic E-state index is -0.00115. The van der Waals surface area contributed by atoms with Crippen molar-refractivity contribution in [2.45, 2.75) is 40.2 Å². The maximum absolute atomic E-state index is 9.59. The van der Waals surface area contributed by atoms with Crippen LogP contribution < -0.4 is 14.2 Å². The van der Waals surface area contributed by atoms with Crippen molar-refractivity contribution < 1.29 is 19.3 Å². The summed E-state index contributed by atoms with van der Waals surface area (Å²) in [5.41, 5.74) is 3.67. The second-order valence-corrected chi connectivity index (χ2v) is 7.55. The molecular weight excluding hydrogens is 394 g/mol. The van der Waals surface area contributed by atoms with Crippen LogP contribution in [0.5, 0.6) is 17.2 Å². The van der Waals surface area contributed by atoms with Crippen LogP contribution in [0.3, 0.4) is 0 Å². The van der Waals surface area contributed by atoms with Crippen LogP contribution in [0.15, 0.2) is 46.2 Å². The van der Waals surface area contributed by atoms with Gasteiger partial charge in [0.05, 0.1) is 33.6 Å². The summed E-state index contributed by atoms with van der Waals surface area (Å²) in [6.07, 6.45) is 7.89. The van der Waals surface area contributed by atoms with Crippen LogP contribution in [0.25, 0.3) is 0 Å². The first kappa shape index (κ1) is 22.6. The van der Waals surface area contributed by atoms with E-state index in [1.54, 1.807) is 21.3 Å². The van der Waals surface area contributed by atoms with Crippen molar-refractivity contribution in [2.75, 3.05) is 21.3 Å². The summed E-state index contributed by atoms with van der Waals surface area (Å²) in [7, 11) is 4.76. The van der Waals surface area contributed by atoms with Crippen molar-refractivity contribution in [3.8, 4) is 17.2 Å². The number of methoxy groups -OCH3 is 3. The summed E-state index contributed by atoms with van der Waals surface area (Å²) in [4.78, 5) is 9.88. The van der Waals surface area contributed by atoms with Gasteiger partial charge in [-0.1, -0.05) is 13.0 Å². The van der Waals surface area contributed by atoms with Gasteiger partial charge in [-0.15, -0.1) is 0 Å². The number of aliphatic imine (C=N–C) groups is 2. The number of hydrogen-bond donors (Lipinski definition) is 1. The minimum absolute atomic E-state index is 0.00115. The minimum Gasteiger partial charge on any atom is -0.493 e. The van der Waals surface area contributed by atoms with Gasteiger partial charge in [0.15, 0.2) is 11.5 Å². The SMILES string of the molecule is CCC1CC=C(C)C(n2cc(C)c(CO)c2)=NC1=Nc1cc(OC)c(OC)c(OC)c1. The average molecular weight is 426 g/mol. The van der Waals surface area contributed by atoms with E-state index in [0.717, 1.165) is 41.2 Å². The Balaban J connectivity index is 2.14. The quantitative estimate of drug-likeness (QED) is 0.730. The molecule has 0 spiro atoms. The fraction of sp³-hybridized carbons (Fsp3) is 0.417. The number of aryl methyl sites for hydroxylation is 1. The third-order valence-electron chi connectivity index (χ3n) is 5.58. The van der Waals surface area contributed by atoms with Gasteiger partial charge in [-0.25, -0.2) is 9.98 Å². The summed E-state index contributed by atoms with van der Waals surface area (Å²) in [6, 6.07) is 3.65. The van der Waals surface area contributed by atoms with Gasteiger partial charge in [0.2, 0.25) is 5.75 Å². The maximum Gasteiger partial charge on any atom is 0.203 e. The number of ether oxygens (including phenoxy) is 3. The summed E-state index contributed by atoms with van der Waals surface area (Å²) in [5, 5.41) is 9.59. The van der Waals surface area contributed by atoms with E-state index in [9.17, 15) is 5.11 Å². The molecule has 1 aliphatic rings. The zero-order valence-corrected chi connectivity index (χ0v) is 19.1. The standard InChI is InChI=1S/C24H31N3O4/c1-7-17-9-8-15(2)24(27-12-16(3)18(13-27)14-28)26-23(17)25-19-10-20(29-4)22(31-6)21(11-19)30-5/h8,10-13,17,28H,7,9,14H2,1-6H3. The summed E-state index contributed by atoms with van der Waals surface area (Å²) < 4.78 is 18.3. The van der Waals surface area contributed by atoms with E-state index < -0.39 is 0 Å². The number of aliphatic hydroxyl groups excluding tert-OH is 1. The Bertz CT molecular complexity index is 1010. The van der Waals surface area contributed by atoms with Gasteiger partial charge in [0.25, 0.3) is 0 Å². The highest BCUT2D eigenvalue weighted by Crippen LogP contribution is 2.41. The first-order valence-corrected chi connectivity index (χ1v) is 10.4. The normalized spacial score (nSPS) is 17.8. The van der Waals surface area contributed by atoms with Gasteiger partial charge in [0, 0.05) is 30.4 Å². The molecule has 1 aromatic heterocycles. The molecule has 2 heterocycles. The highest BCUT2D eigenvalue weighted by Gasteiger charge is 2.21. The Labute approximate surface area is 183 Å². The molecular formula is C24H31N3O4. The molecule has 0 saturated carbocycles. The molecule has 31 heavy (non-hydrogen) atoms. The zero-order valence-electron chi connectivity index (χ0n) is 19.1. The second kappa shape index (κ2) is 9.83. The molecule has 0 radical (unpaired) electrons. The van der Waals surface area contributed by atoms with Crippen molar-refractivity contribution >= 4 is 17.4 Å². The second-order valence-electron chi connectivity index (χ2n) is 7.55. The van der Waals surface area contributed by atoms with E-state index in [2.05, 4.69) is 19.9 Å². The third-order valence-corrected chi connectivity index (χ3v) is 5.58. The monoisotopic (exact) mass is 425 g/mol. The van der Waals surface area contributed by atoms with Gasteiger partial charge >= 0.3 is 0 Å². The fourth-order valence-electron chi connectivity index (χ4n) is 3.68. The number of amidine groups is 1. The fourth-order valence-corrected chi connectivity index (χ4v) is 3.68. The lowest BCUT2D eigenvalue weighted by atomic mass is 10.0. The number of benzene rings is 1. The molecule has 1 unspecified atom stereocenters. The molecule has 7 heteroatoms. The molecule has 0 saturated heterocycles. The van der Waals surface area contributed by atoms with E-state index in [1.807, 2.05) is 36.0 Å². The number of aliphatic hydroxyl groups is 1. The van der Waals surface area contributed by atoms with Crippen molar-refractivity contribution in [1.82, 2.24) is 4.57 Å². The predicted octanol–water partition coefficient (Wildman–Crippen LogP) is 4.67. The summed E-state index contributed by atoms with van der Waals surface area (Å²) >= 11 is 0. The Morgan fingerprint density at radius 3 is 2.29 bits per heavy atom. The molecule has 7 nitrogen and oxygen atoms in total. The van der Waals surface area contributed by atoms with Gasteiger partial charge in [0.1, 0.15) is 11.7 Å². The largest absolute Gasteiger partial charge is 0.493 e. The summed E-state index contributed by atoms with van der Waals surface area (Å²) in [5.74, 6) is 3.37. The number of allylic oxidation sites excluding steroid dienone is 2. The van der Waals surface area contributed by atoms with Gasteiger partial charge in [-0.05, 0) is 43.4 Å². The number of aromatic nitrogens is 1. The molecule has 1 N–H and O–H groups in total. The first-order valence-electron chi connectivity index (χ1n) is 10.4. The lowest BCUT2D eigenvalue weighted by Gasteiger charge is -2.15. The van der Waals surface area contributed by atoms with Gasteiger partial charge in [-0.2, -0.15) is 0 Å². The average Bonchev–Trinajstić information content (AvgIpc) is 3.08. The molecule has 0 amide bonds. The lowest BCUT2D eigenvalue weighted by molar-refractivity contribution is 0.281. The van der Waals surface area contributed by atoms with Crippen molar-refractivity contribution in [2.24, 2.45) is 15.9 Å². The predicted molar refractivity (Wildman–Crippen MR) is 123 cm³/mol. The molecule has 2 aromatic rings. The van der Waals surface area contributed by atoms with Crippen LogP contribution >= 0.6 is 0 Å². The highest BCUT2D eigenvalue weighted by molar-refractivity contribution is 6.08. The first-order chi connectivity index (χ1) is 14.9. The van der Waals surface area contributed by atoms with E-state index in [4.69, 9.17) is 24.2 Å². The van der Waals surface area contributed by atoms with E-state index >= 15 is 0 Å². The smallest absolute Gasteiger partial charge is 0.203 e. The molecule has 0 aliphatic carbocycles. The lowest BCUT2D eigenvalue weighted by Crippen LogP contribution is -2.15. The Morgan fingerprint density at radius 1 is 1.10 bits per heavy atom. The zero-order chi connectivity index (χ0) is 22.5. The van der Waals surface area contributed by atoms with Crippen LogP contribution in [0.1, 0.15) is 37.8 Å². The molecule has 3 rings (SSSR count). The van der Waals surface area contributed by atoms with Crippen LogP contribution in [0.2, 0.25) is 0 Å². The van der Waals surface area contributed by atoms with Gasteiger partial charge in [-0.3, -0.25) is 0 Å². The van der Waals surface area contributed by atoms with E-state index in [-0.39, 0.29) is 12.5 Å². The molecule has 166 valence electrons. The van der Waals surface area contributed by atoms with Crippen molar-refractivity contribution in [3.63, 3.8) is 0 Å². The van der Waals surface area contributed by atoms with Crippen LogP contribution in [0.4, 0.5) is 5.69 Å². The Hall–Kier alpha value is -3.06. The number of rotatable bonds is 6. The number of nitrogens with zero attached hydrogens (tertiary/aromatic N) is 3. The maximum atomic E-state index is 9.59. The van der Waals surface area contributed by atoms with Gasteiger partial charge < -0.3 is 23.9 Å². The molecule has 1 aromatic carbocycles. The Kier molecular flexibility index (Phi) is 7.17. The third kappa shape index (κ3) is 4.66. The summed E-state index contributed by atoms with van der Waals surface area (Å²) in [6.45, 7) is 6.18. The topological polar surface area (TPSA) is 77.6 Å². The molecule has 1 aliphatic heterocycles. The number of hydrogen-bond acceptors (Lipinski definition) is 5. The highest BCUT2D eigenvalue weighted by atomic mass is 16.5. The molecule has 0 bridgehead atoms. The van der Waals surface area contributed by atoms with Crippen molar-refractivity contribution in [1.29, 1.82) is 0 Å². The van der Waals surface area contributed by atoms with E-state index in [0.29, 0.717) is 22.9 Å². The van der Waals surface area contributed by atoms with Crippen LogP contribution in [-0.2, 0) is 6.61 Å². The van der Waals surface area contributed by atoms with Crippen LogP contribution in [-0.4, -0.2) is 42.7 Å².